The van der Waals surface area contributed by atoms with E-state index >= 15 is 0 Å². The Balaban J connectivity index is 2.07. The Bertz CT molecular complexity index is 558. The zero-order valence-electron chi connectivity index (χ0n) is 12.4. The zero-order chi connectivity index (χ0) is 16.1. The molecule has 120 valence electrons. The van der Waals surface area contributed by atoms with Gasteiger partial charge in [0.25, 0.3) is 5.91 Å². The maximum Gasteiger partial charge on any atom is 0.254 e. The summed E-state index contributed by atoms with van der Waals surface area (Å²) in [4.78, 5) is 27.5. The van der Waals surface area contributed by atoms with Crippen molar-refractivity contribution >= 4 is 17.5 Å². The molecule has 0 aliphatic carbocycles. The molecule has 0 bridgehead atoms. The number of nitrogens with zero attached hydrogens (tertiary/aromatic N) is 1. The summed E-state index contributed by atoms with van der Waals surface area (Å²) in [7, 11) is 1.38. The largest absolute Gasteiger partial charge is 0.480 e. The summed E-state index contributed by atoms with van der Waals surface area (Å²) in [5.41, 5.74) is 11.7. The van der Waals surface area contributed by atoms with Gasteiger partial charge in [0.2, 0.25) is 11.8 Å². The van der Waals surface area contributed by atoms with Crippen LogP contribution < -0.4 is 21.5 Å². The Morgan fingerprint density at radius 1 is 1.45 bits per heavy atom. The summed E-state index contributed by atoms with van der Waals surface area (Å²) in [6.45, 7) is 1.23. The van der Waals surface area contributed by atoms with E-state index < -0.39 is 11.9 Å². The predicted octanol–water partition coefficient (Wildman–Crippen LogP) is -0.118. The van der Waals surface area contributed by atoms with Gasteiger partial charge < -0.3 is 26.3 Å². The van der Waals surface area contributed by atoms with Crippen LogP contribution in [0.4, 0.5) is 5.69 Å². The molecule has 0 radical (unpaired) electrons. The minimum absolute atomic E-state index is 0.0792. The zero-order valence-corrected chi connectivity index (χ0v) is 12.4. The van der Waals surface area contributed by atoms with Crippen molar-refractivity contribution in [2.75, 3.05) is 25.6 Å². The fourth-order valence-electron chi connectivity index (χ4n) is 2.37. The van der Waals surface area contributed by atoms with Gasteiger partial charge in [0.1, 0.15) is 5.56 Å². The van der Waals surface area contributed by atoms with Crippen molar-refractivity contribution in [1.82, 2.24) is 4.98 Å². The van der Waals surface area contributed by atoms with E-state index in [0.717, 1.165) is 12.8 Å². The number of methoxy groups -OCH3 is 1. The first-order valence-corrected chi connectivity index (χ1v) is 7.01. The second-order valence-electron chi connectivity index (χ2n) is 5.11. The summed E-state index contributed by atoms with van der Waals surface area (Å²) in [5.74, 6) is -0.821. The number of rotatable bonds is 5. The number of nitrogens with one attached hydrogen (secondary N) is 1. The quantitative estimate of drug-likeness (QED) is 0.695. The third kappa shape index (κ3) is 3.71. The lowest BCUT2D eigenvalue weighted by atomic mass is 9.92. The molecule has 2 amide bonds. The number of ether oxygens (including phenoxy) is 2. The van der Waals surface area contributed by atoms with Crippen LogP contribution in [0.15, 0.2) is 12.3 Å². The number of hydrogen-bond donors (Lipinski definition) is 3. The average Bonchev–Trinajstić information content (AvgIpc) is 2.54. The highest BCUT2D eigenvalue weighted by Crippen LogP contribution is 2.21. The molecule has 5 N–H and O–H groups in total. The van der Waals surface area contributed by atoms with Gasteiger partial charge in [0.05, 0.1) is 25.0 Å². The normalized spacial score (nSPS) is 16.8. The molecule has 0 aromatic carbocycles. The van der Waals surface area contributed by atoms with Crippen molar-refractivity contribution in [2.45, 2.75) is 18.9 Å². The van der Waals surface area contributed by atoms with Crippen molar-refractivity contribution < 1.29 is 19.1 Å². The molecule has 1 aliphatic rings. The number of aromatic nitrogens is 1. The number of anilines is 1. The summed E-state index contributed by atoms with van der Waals surface area (Å²) in [6.07, 6.45) is 2.89. The molecule has 1 saturated heterocycles. The number of amides is 2. The van der Waals surface area contributed by atoms with Crippen molar-refractivity contribution in [3.8, 4) is 5.88 Å². The van der Waals surface area contributed by atoms with E-state index in [1.54, 1.807) is 0 Å². The number of carbonyl (C=O) groups is 2. The van der Waals surface area contributed by atoms with Crippen LogP contribution in [0.5, 0.6) is 5.88 Å². The number of nitrogens with two attached hydrogens (primary N) is 2. The molecule has 1 aliphatic heterocycles. The minimum atomic E-state index is -0.686. The smallest absolute Gasteiger partial charge is 0.254 e. The second-order valence-corrected chi connectivity index (χ2v) is 5.11. The first-order valence-electron chi connectivity index (χ1n) is 7.01. The number of primary amides is 1. The van der Waals surface area contributed by atoms with E-state index in [1.807, 2.05) is 0 Å². The van der Waals surface area contributed by atoms with Gasteiger partial charge in [-0.05, 0) is 24.8 Å². The van der Waals surface area contributed by atoms with E-state index in [4.69, 9.17) is 20.9 Å². The van der Waals surface area contributed by atoms with Gasteiger partial charge in [-0.25, -0.2) is 4.98 Å². The van der Waals surface area contributed by atoms with Gasteiger partial charge >= 0.3 is 0 Å². The molecule has 1 fully saturated rings. The van der Waals surface area contributed by atoms with Crippen LogP contribution in [0.1, 0.15) is 23.2 Å². The van der Waals surface area contributed by atoms with Crippen molar-refractivity contribution in [1.29, 1.82) is 0 Å². The minimum Gasteiger partial charge on any atom is -0.480 e. The molecule has 2 heterocycles. The fraction of sp³-hybridized carbons (Fsp3) is 0.500. The van der Waals surface area contributed by atoms with Gasteiger partial charge in [-0.15, -0.1) is 0 Å². The number of hydrogen-bond acceptors (Lipinski definition) is 6. The highest BCUT2D eigenvalue weighted by molar-refractivity contribution is 5.99. The lowest BCUT2D eigenvalue weighted by molar-refractivity contribution is -0.119. The standard InChI is InChI=1S/C14H20N4O4/c1-21-14-10(12(16)19)6-9(7-17-14)18-13(20)11(15)8-2-4-22-5-3-8/h6-8,11H,2-5,15H2,1H3,(H2,16,19)(H,18,20). The predicted molar refractivity (Wildman–Crippen MR) is 79.5 cm³/mol. The molecule has 1 unspecified atom stereocenters. The van der Waals surface area contributed by atoms with Crippen LogP contribution in [0.2, 0.25) is 0 Å². The molecular formula is C14H20N4O4. The lowest BCUT2D eigenvalue weighted by Gasteiger charge is -2.26. The van der Waals surface area contributed by atoms with E-state index in [1.165, 1.54) is 19.4 Å². The highest BCUT2D eigenvalue weighted by atomic mass is 16.5. The Morgan fingerprint density at radius 3 is 2.73 bits per heavy atom. The van der Waals surface area contributed by atoms with E-state index in [9.17, 15) is 9.59 Å². The average molecular weight is 308 g/mol. The van der Waals surface area contributed by atoms with Crippen molar-refractivity contribution in [2.24, 2.45) is 17.4 Å². The van der Waals surface area contributed by atoms with Gasteiger partial charge in [-0.3, -0.25) is 9.59 Å². The monoisotopic (exact) mass is 308 g/mol. The van der Waals surface area contributed by atoms with E-state index in [-0.39, 0.29) is 23.3 Å². The van der Waals surface area contributed by atoms with Gasteiger partial charge in [-0.1, -0.05) is 0 Å². The van der Waals surface area contributed by atoms with E-state index in [0.29, 0.717) is 18.9 Å². The molecule has 0 saturated carbocycles. The second kappa shape index (κ2) is 7.19. The first kappa shape index (κ1) is 16.2. The maximum absolute atomic E-state index is 12.2. The highest BCUT2D eigenvalue weighted by Gasteiger charge is 2.26. The fourth-order valence-corrected chi connectivity index (χ4v) is 2.37. The Morgan fingerprint density at radius 2 is 2.14 bits per heavy atom. The third-order valence-corrected chi connectivity index (χ3v) is 3.65. The molecule has 1 atom stereocenters. The first-order chi connectivity index (χ1) is 10.5. The van der Waals surface area contributed by atoms with Crippen LogP contribution in [-0.2, 0) is 9.53 Å². The SMILES string of the molecule is COc1ncc(NC(=O)C(N)C2CCOCC2)cc1C(N)=O. The Kier molecular flexibility index (Phi) is 5.29. The lowest BCUT2D eigenvalue weighted by Crippen LogP contribution is -2.44. The molecule has 1 aromatic heterocycles. The van der Waals surface area contributed by atoms with Crippen LogP contribution >= 0.6 is 0 Å². The number of pyridine rings is 1. The topological polar surface area (TPSA) is 130 Å². The Labute approximate surface area is 128 Å². The van der Waals surface area contributed by atoms with E-state index in [2.05, 4.69) is 10.3 Å². The van der Waals surface area contributed by atoms with Crippen molar-refractivity contribution in [3.05, 3.63) is 17.8 Å². The summed E-state index contributed by atoms with van der Waals surface area (Å²) in [5, 5.41) is 2.65. The Hall–Kier alpha value is -2.19. The van der Waals surface area contributed by atoms with Crippen molar-refractivity contribution in [3.63, 3.8) is 0 Å². The molecule has 8 nitrogen and oxygen atoms in total. The molecule has 1 aromatic rings. The summed E-state index contributed by atoms with van der Waals surface area (Å²) >= 11 is 0. The van der Waals surface area contributed by atoms with Crippen LogP contribution in [-0.4, -0.2) is 43.2 Å². The number of carbonyl (C=O) groups excluding carboxylic acids is 2. The van der Waals surface area contributed by atoms with Crippen LogP contribution in [0.25, 0.3) is 0 Å². The molecular weight excluding hydrogens is 288 g/mol. The maximum atomic E-state index is 12.2. The van der Waals surface area contributed by atoms with Crippen LogP contribution in [0, 0.1) is 5.92 Å². The molecule has 2 rings (SSSR count). The van der Waals surface area contributed by atoms with Gasteiger partial charge in [0.15, 0.2) is 0 Å². The molecule has 22 heavy (non-hydrogen) atoms. The van der Waals surface area contributed by atoms with Gasteiger partial charge in [0, 0.05) is 13.2 Å². The molecule has 0 spiro atoms. The third-order valence-electron chi connectivity index (χ3n) is 3.65. The summed E-state index contributed by atoms with van der Waals surface area (Å²) < 4.78 is 10.2. The summed E-state index contributed by atoms with van der Waals surface area (Å²) in [6, 6.07) is 0.783. The van der Waals surface area contributed by atoms with Crippen LogP contribution in [0.3, 0.4) is 0 Å². The molecule has 8 heteroatoms. The van der Waals surface area contributed by atoms with Gasteiger partial charge in [-0.2, -0.15) is 0 Å².